The van der Waals surface area contributed by atoms with E-state index in [9.17, 15) is 14.9 Å². The Bertz CT molecular complexity index is 481. The molecule has 0 N–H and O–H groups in total. The molecule has 1 unspecified atom stereocenters. The maximum Gasteiger partial charge on any atom is 0.311 e. The molecule has 0 aliphatic carbocycles. The number of nitro groups is 1. The Morgan fingerprint density at radius 2 is 2.24 bits per heavy atom. The van der Waals surface area contributed by atoms with E-state index in [0.717, 1.165) is 0 Å². The Kier molecular flexibility index (Phi) is 3.78. The lowest BCUT2D eigenvalue weighted by Crippen LogP contribution is -2.35. The van der Waals surface area contributed by atoms with E-state index in [2.05, 4.69) is 0 Å². The van der Waals surface area contributed by atoms with Crippen molar-refractivity contribution < 1.29 is 14.5 Å². The number of aldehydes is 1. The second-order valence-electron chi connectivity index (χ2n) is 3.30. The minimum atomic E-state index is -1.67. The Morgan fingerprint density at radius 1 is 1.59 bits per heavy atom. The second kappa shape index (κ2) is 5.07. The predicted octanol–water partition coefficient (Wildman–Crippen LogP) is 1.84. The van der Waals surface area contributed by atoms with Gasteiger partial charge < -0.3 is 4.74 Å². The first-order chi connectivity index (χ1) is 8.08. The Balaban J connectivity index is 3.15. The molecule has 0 radical (unpaired) electrons. The first kappa shape index (κ1) is 12.6. The van der Waals surface area contributed by atoms with Gasteiger partial charge in [-0.25, -0.2) is 0 Å². The molecule has 0 amide bonds. The SMILES string of the molecule is CCC(C#N)(C=O)Oc1ccccc1[N+](=O)[O-]. The van der Waals surface area contributed by atoms with Gasteiger partial charge in [-0.2, -0.15) is 5.26 Å². The lowest BCUT2D eigenvalue weighted by Gasteiger charge is -2.19. The van der Waals surface area contributed by atoms with Crippen LogP contribution in [0.5, 0.6) is 5.75 Å². The molecule has 1 aromatic carbocycles. The summed E-state index contributed by atoms with van der Waals surface area (Å²) in [5.74, 6) is -0.0898. The molecule has 1 aromatic rings. The number of nitro benzene ring substituents is 1. The van der Waals surface area contributed by atoms with Gasteiger partial charge in [-0.05, 0) is 6.07 Å². The van der Waals surface area contributed by atoms with Crippen molar-refractivity contribution >= 4 is 12.0 Å². The van der Waals surface area contributed by atoms with Gasteiger partial charge in [0.2, 0.25) is 5.60 Å². The van der Waals surface area contributed by atoms with Crippen molar-refractivity contribution in [1.82, 2.24) is 0 Å². The molecule has 6 nitrogen and oxygen atoms in total. The minimum absolute atomic E-state index is 0.0898. The molecule has 0 fully saturated rings. The molecule has 6 heteroatoms. The fourth-order valence-corrected chi connectivity index (χ4v) is 1.20. The quantitative estimate of drug-likeness (QED) is 0.440. The number of benzene rings is 1. The molecule has 0 heterocycles. The normalized spacial score (nSPS) is 13.2. The van der Waals surface area contributed by atoms with Crippen LogP contribution in [0.3, 0.4) is 0 Å². The van der Waals surface area contributed by atoms with Gasteiger partial charge >= 0.3 is 5.69 Å². The highest BCUT2D eigenvalue weighted by Gasteiger charge is 2.32. The van der Waals surface area contributed by atoms with E-state index in [-0.39, 0.29) is 17.9 Å². The van der Waals surface area contributed by atoms with Crippen LogP contribution in [-0.2, 0) is 4.79 Å². The number of nitrogens with zero attached hydrogens (tertiary/aromatic N) is 2. The van der Waals surface area contributed by atoms with E-state index in [4.69, 9.17) is 10.00 Å². The molecule has 0 aliphatic rings. The summed E-state index contributed by atoms with van der Waals surface area (Å²) in [5.41, 5.74) is -1.95. The van der Waals surface area contributed by atoms with Gasteiger partial charge in [0.25, 0.3) is 0 Å². The van der Waals surface area contributed by atoms with E-state index in [0.29, 0.717) is 6.29 Å². The maximum absolute atomic E-state index is 10.9. The van der Waals surface area contributed by atoms with E-state index in [1.807, 2.05) is 0 Å². The third-order valence-corrected chi connectivity index (χ3v) is 2.26. The Hall–Kier alpha value is -2.42. The zero-order valence-corrected chi connectivity index (χ0v) is 9.12. The number of rotatable bonds is 5. The van der Waals surface area contributed by atoms with Crippen LogP contribution >= 0.6 is 0 Å². The van der Waals surface area contributed by atoms with Crippen molar-refractivity contribution in [2.45, 2.75) is 18.9 Å². The van der Waals surface area contributed by atoms with Crippen molar-refractivity contribution in [3.05, 3.63) is 34.4 Å². The zero-order chi connectivity index (χ0) is 12.9. The first-order valence-electron chi connectivity index (χ1n) is 4.88. The average molecular weight is 234 g/mol. The van der Waals surface area contributed by atoms with Gasteiger partial charge in [-0.15, -0.1) is 0 Å². The van der Waals surface area contributed by atoms with Gasteiger partial charge in [0.1, 0.15) is 6.07 Å². The van der Waals surface area contributed by atoms with Crippen LogP contribution in [0.25, 0.3) is 0 Å². The molecular weight excluding hydrogens is 224 g/mol. The molecule has 17 heavy (non-hydrogen) atoms. The van der Waals surface area contributed by atoms with E-state index in [1.54, 1.807) is 13.0 Å². The van der Waals surface area contributed by atoms with E-state index >= 15 is 0 Å². The number of carbonyl (C=O) groups excluding carboxylic acids is 1. The summed E-state index contributed by atoms with van der Waals surface area (Å²) in [7, 11) is 0. The van der Waals surface area contributed by atoms with E-state index in [1.165, 1.54) is 24.3 Å². The fourth-order valence-electron chi connectivity index (χ4n) is 1.20. The smallest absolute Gasteiger partial charge is 0.311 e. The number of hydrogen-bond acceptors (Lipinski definition) is 5. The molecule has 0 saturated heterocycles. The summed E-state index contributed by atoms with van der Waals surface area (Å²) in [6, 6.07) is 7.33. The molecule has 0 spiro atoms. The highest BCUT2D eigenvalue weighted by atomic mass is 16.6. The van der Waals surface area contributed by atoms with Crippen molar-refractivity contribution in [3.8, 4) is 11.8 Å². The van der Waals surface area contributed by atoms with Gasteiger partial charge in [0.05, 0.1) is 4.92 Å². The van der Waals surface area contributed by atoms with Crippen molar-refractivity contribution in [3.63, 3.8) is 0 Å². The summed E-state index contributed by atoms with van der Waals surface area (Å²) in [4.78, 5) is 21.0. The van der Waals surface area contributed by atoms with Crippen LogP contribution in [0, 0.1) is 21.4 Å². The summed E-state index contributed by atoms with van der Waals surface area (Å²) in [6.45, 7) is 1.59. The average Bonchev–Trinajstić information content (AvgIpc) is 2.36. The van der Waals surface area contributed by atoms with E-state index < -0.39 is 10.5 Å². The summed E-state index contributed by atoms with van der Waals surface area (Å²) < 4.78 is 5.17. The number of ether oxygens (including phenoxy) is 1. The molecule has 88 valence electrons. The van der Waals surface area contributed by atoms with Gasteiger partial charge in [0, 0.05) is 12.5 Å². The monoisotopic (exact) mass is 234 g/mol. The molecule has 0 aromatic heterocycles. The summed E-state index contributed by atoms with van der Waals surface area (Å²) in [6.07, 6.45) is 0.461. The highest BCUT2D eigenvalue weighted by molar-refractivity contribution is 5.68. The second-order valence-corrected chi connectivity index (χ2v) is 3.30. The topological polar surface area (TPSA) is 93.2 Å². The third kappa shape index (κ3) is 2.58. The molecule has 1 atom stereocenters. The van der Waals surface area contributed by atoms with Crippen LogP contribution in [0.15, 0.2) is 24.3 Å². The van der Waals surface area contributed by atoms with Gasteiger partial charge in [0.15, 0.2) is 12.0 Å². The number of para-hydroxylation sites is 2. The molecule has 0 bridgehead atoms. The van der Waals surface area contributed by atoms with Crippen LogP contribution in [0.4, 0.5) is 5.69 Å². The van der Waals surface area contributed by atoms with Crippen LogP contribution in [-0.4, -0.2) is 16.8 Å². The Morgan fingerprint density at radius 3 is 2.71 bits per heavy atom. The standard InChI is InChI=1S/C11H10N2O4/c1-2-11(7-12,8-14)17-10-6-4-3-5-9(10)13(15)16/h3-6,8H,2H2,1H3. The summed E-state index contributed by atoms with van der Waals surface area (Å²) in [5, 5.41) is 19.6. The third-order valence-electron chi connectivity index (χ3n) is 2.26. The molecule has 0 aliphatic heterocycles. The van der Waals surface area contributed by atoms with Gasteiger partial charge in [-0.1, -0.05) is 19.1 Å². The van der Waals surface area contributed by atoms with Crippen molar-refractivity contribution in [1.29, 1.82) is 5.26 Å². The fraction of sp³-hybridized carbons (Fsp3) is 0.273. The number of carbonyl (C=O) groups is 1. The van der Waals surface area contributed by atoms with Gasteiger partial charge in [-0.3, -0.25) is 14.9 Å². The first-order valence-corrected chi connectivity index (χ1v) is 4.88. The number of hydrogen-bond donors (Lipinski definition) is 0. The van der Waals surface area contributed by atoms with Crippen LogP contribution in [0.1, 0.15) is 13.3 Å². The minimum Gasteiger partial charge on any atom is -0.458 e. The predicted molar refractivity (Wildman–Crippen MR) is 58.4 cm³/mol. The largest absolute Gasteiger partial charge is 0.458 e. The molecule has 0 saturated carbocycles. The lowest BCUT2D eigenvalue weighted by atomic mass is 10.1. The zero-order valence-electron chi connectivity index (χ0n) is 9.12. The maximum atomic E-state index is 10.9. The number of nitriles is 1. The molecule has 1 rings (SSSR count). The van der Waals surface area contributed by atoms with Crippen molar-refractivity contribution in [2.75, 3.05) is 0 Å². The molecular formula is C11H10N2O4. The lowest BCUT2D eigenvalue weighted by molar-refractivity contribution is -0.386. The van der Waals surface area contributed by atoms with Crippen molar-refractivity contribution in [2.24, 2.45) is 0 Å². The Labute approximate surface area is 97.6 Å². The van der Waals surface area contributed by atoms with Crippen LogP contribution in [0.2, 0.25) is 0 Å². The summed E-state index contributed by atoms with van der Waals surface area (Å²) >= 11 is 0. The van der Waals surface area contributed by atoms with Crippen LogP contribution < -0.4 is 4.74 Å². The highest BCUT2D eigenvalue weighted by Crippen LogP contribution is 2.29.